The highest BCUT2D eigenvalue weighted by Gasteiger charge is 2.46. The fraction of sp³-hybridized carbons (Fsp3) is 0.222. The van der Waals surface area contributed by atoms with E-state index in [1.54, 1.807) is 0 Å². The Morgan fingerprint density at radius 1 is 0.661 bits per heavy atom. The van der Waals surface area contributed by atoms with Crippen molar-refractivity contribution in [1.29, 1.82) is 0 Å². The molecule has 4 aliphatic rings. The van der Waals surface area contributed by atoms with Crippen LogP contribution in [0.15, 0.2) is 151 Å². The van der Waals surface area contributed by atoms with E-state index in [1.165, 1.54) is 94.0 Å². The van der Waals surface area contributed by atoms with E-state index < -0.39 is 0 Å². The first-order chi connectivity index (χ1) is 27.0. The van der Waals surface area contributed by atoms with Crippen molar-refractivity contribution >= 4 is 44.7 Å². The molecular formula is C54H48N2. The van der Waals surface area contributed by atoms with Crippen molar-refractivity contribution < 1.29 is 0 Å². The van der Waals surface area contributed by atoms with Crippen LogP contribution in [0.2, 0.25) is 0 Å². The normalized spacial score (nSPS) is 20.9. The standard InChI is InChI=1S/C54H48N2/c1-34-22-26-39(27-23-34)55(38-16-8-7-9-17-38)40-28-24-37(25-29-40)54(6)32-44-43-30-36(42-19-12-15-35-14-10-11-18-41(35)42)31-47-49(43)56-50(44)48(33-54)53(4,5)46-21-13-20-45(51(46)56)52(47,2)3/h7-22,24-32,34H,23,33H2,1-6H3. The van der Waals surface area contributed by atoms with Crippen LogP contribution >= 0.6 is 0 Å². The Labute approximate surface area is 330 Å². The minimum Gasteiger partial charge on any atom is -0.311 e. The van der Waals surface area contributed by atoms with Gasteiger partial charge in [0.15, 0.2) is 0 Å². The van der Waals surface area contributed by atoms with Crippen molar-refractivity contribution in [2.75, 3.05) is 4.90 Å². The number of hydrogen-bond donors (Lipinski definition) is 0. The summed E-state index contributed by atoms with van der Waals surface area (Å²) in [6.45, 7) is 14.6. The number of nitrogens with zero attached hydrogens (tertiary/aromatic N) is 2. The van der Waals surface area contributed by atoms with E-state index >= 15 is 0 Å². The summed E-state index contributed by atoms with van der Waals surface area (Å²) >= 11 is 0. The summed E-state index contributed by atoms with van der Waals surface area (Å²) in [6.07, 6.45) is 11.7. The molecule has 56 heavy (non-hydrogen) atoms. The van der Waals surface area contributed by atoms with Gasteiger partial charge in [-0.2, -0.15) is 0 Å². The van der Waals surface area contributed by atoms with Gasteiger partial charge in [0.25, 0.3) is 0 Å². The summed E-state index contributed by atoms with van der Waals surface area (Å²) in [6, 6.07) is 48.1. The van der Waals surface area contributed by atoms with E-state index in [-0.39, 0.29) is 16.2 Å². The van der Waals surface area contributed by atoms with Gasteiger partial charge in [-0.1, -0.05) is 151 Å². The zero-order valence-electron chi connectivity index (χ0n) is 33.3. The van der Waals surface area contributed by atoms with Gasteiger partial charge in [-0.05, 0) is 111 Å². The molecule has 7 aromatic rings. The summed E-state index contributed by atoms with van der Waals surface area (Å²) in [5, 5.41) is 6.76. The largest absolute Gasteiger partial charge is 0.311 e. The first-order valence-corrected chi connectivity index (χ1v) is 20.5. The molecule has 0 amide bonds. The van der Waals surface area contributed by atoms with Crippen LogP contribution in [0.4, 0.5) is 11.4 Å². The minimum atomic E-state index is -0.206. The fourth-order valence-corrected chi connectivity index (χ4v) is 10.7. The Kier molecular flexibility index (Phi) is 6.93. The van der Waals surface area contributed by atoms with Crippen LogP contribution in [0.1, 0.15) is 76.6 Å². The smallest absolute Gasteiger partial charge is 0.0582 e. The molecule has 0 radical (unpaired) electrons. The molecule has 0 fully saturated rings. The Balaban J connectivity index is 1.15. The molecular weight excluding hydrogens is 677 g/mol. The molecule has 0 spiro atoms. The van der Waals surface area contributed by atoms with Gasteiger partial charge in [-0.15, -0.1) is 0 Å². The zero-order chi connectivity index (χ0) is 38.1. The maximum atomic E-state index is 2.69. The van der Waals surface area contributed by atoms with Gasteiger partial charge in [-0.25, -0.2) is 0 Å². The number of rotatable bonds is 5. The third-order valence-electron chi connectivity index (χ3n) is 13.9. The van der Waals surface area contributed by atoms with Gasteiger partial charge in [0.1, 0.15) is 0 Å². The highest BCUT2D eigenvalue weighted by Crippen LogP contribution is 2.53. The van der Waals surface area contributed by atoms with E-state index in [0.717, 1.165) is 12.8 Å². The molecule has 0 saturated carbocycles. The molecule has 2 aliphatic carbocycles. The molecule has 2 heteroatoms. The Bertz CT molecular complexity index is 2980. The summed E-state index contributed by atoms with van der Waals surface area (Å²) in [4.78, 5) is 2.41. The second-order valence-electron chi connectivity index (χ2n) is 18.1. The van der Waals surface area contributed by atoms with Crippen LogP contribution in [0.25, 0.3) is 50.1 Å². The van der Waals surface area contributed by atoms with Crippen LogP contribution in [0.3, 0.4) is 0 Å². The van der Waals surface area contributed by atoms with Crippen molar-refractivity contribution in [2.24, 2.45) is 5.92 Å². The summed E-state index contributed by atoms with van der Waals surface area (Å²) in [7, 11) is 0. The fourth-order valence-electron chi connectivity index (χ4n) is 10.7. The number of allylic oxidation sites excluding steroid dienone is 3. The second kappa shape index (κ2) is 11.6. The third kappa shape index (κ3) is 4.56. The maximum Gasteiger partial charge on any atom is 0.0582 e. The van der Waals surface area contributed by atoms with Crippen molar-refractivity contribution in [2.45, 2.75) is 70.6 Å². The van der Waals surface area contributed by atoms with Crippen LogP contribution in [-0.4, -0.2) is 4.57 Å². The monoisotopic (exact) mass is 724 g/mol. The van der Waals surface area contributed by atoms with Crippen LogP contribution in [0, 0.1) is 5.92 Å². The number of hydrogen-bond acceptors (Lipinski definition) is 1. The molecule has 0 N–H and O–H groups in total. The highest BCUT2D eigenvalue weighted by atomic mass is 15.1. The van der Waals surface area contributed by atoms with E-state index in [9.17, 15) is 0 Å². The lowest BCUT2D eigenvalue weighted by molar-refractivity contribution is 0.551. The molecule has 2 unspecified atom stereocenters. The number of aromatic nitrogens is 1. The van der Waals surface area contributed by atoms with Crippen molar-refractivity contribution in [3.63, 3.8) is 0 Å². The summed E-state index contributed by atoms with van der Waals surface area (Å²) < 4.78 is 2.69. The van der Waals surface area contributed by atoms with Gasteiger partial charge < -0.3 is 9.47 Å². The van der Waals surface area contributed by atoms with Gasteiger partial charge in [-0.3, -0.25) is 0 Å². The van der Waals surface area contributed by atoms with E-state index in [0.29, 0.717) is 5.92 Å². The zero-order valence-corrected chi connectivity index (χ0v) is 33.3. The predicted molar refractivity (Wildman–Crippen MR) is 236 cm³/mol. The predicted octanol–water partition coefficient (Wildman–Crippen LogP) is 12.3. The lowest BCUT2D eigenvalue weighted by Crippen LogP contribution is -2.48. The molecule has 3 heterocycles. The number of benzene rings is 6. The van der Waals surface area contributed by atoms with Crippen molar-refractivity contribution in [1.82, 2.24) is 4.57 Å². The third-order valence-corrected chi connectivity index (χ3v) is 13.9. The number of para-hydroxylation sites is 2. The van der Waals surface area contributed by atoms with Crippen molar-refractivity contribution in [3.05, 3.63) is 184 Å². The lowest BCUT2D eigenvalue weighted by atomic mass is 9.64. The minimum absolute atomic E-state index is 0.132. The number of anilines is 2. The molecule has 2 nitrogen and oxygen atoms in total. The SMILES string of the molecule is CC1C=CC(N(c2ccccc2)c2ccc(C3(C)C=c4c5n6c7c(cc(-c8cccc9ccccc89)cc47)C(C)(C)c4cccc(c4-6)C(C)(C)C=5C3)cc2)=CC1. The van der Waals surface area contributed by atoms with Gasteiger partial charge in [0.05, 0.1) is 16.6 Å². The van der Waals surface area contributed by atoms with E-state index in [2.05, 4.69) is 203 Å². The maximum absolute atomic E-state index is 2.69. The summed E-state index contributed by atoms with van der Waals surface area (Å²) in [5.74, 6) is 0.561. The Morgan fingerprint density at radius 3 is 2.12 bits per heavy atom. The quantitative estimate of drug-likeness (QED) is 0.172. The Morgan fingerprint density at radius 2 is 1.36 bits per heavy atom. The topological polar surface area (TPSA) is 8.17 Å². The number of fused-ring (bicyclic) bond motifs is 2. The molecule has 2 aliphatic heterocycles. The second-order valence-corrected chi connectivity index (χ2v) is 18.1. The molecule has 1 aromatic heterocycles. The molecule has 0 saturated heterocycles. The first kappa shape index (κ1) is 33.5. The molecule has 0 bridgehead atoms. The average molecular weight is 725 g/mol. The molecule has 274 valence electrons. The molecule has 11 rings (SSSR count). The molecule has 6 aromatic carbocycles. The lowest BCUT2D eigenvalue weighted by Gasteiger charge is -2.44. The first-order valence-electron chi connectivity index (χ1n) is 20.5. The van der Waals surface area contributed by atoms with E-state index in [4.69, 9.17) is 0 Å². The van der Waals surface area contributed by atoms with Crippen LogP contribution in [-0.2, 0) is 16.2 Å². The van der Waals surface area contributed by atoms with Gasteiger partial charge in [0, 0.05) is 43.9 Å². The highest BCUT2D eigenvalue weighted by molar-refractivity contribution is 6.02. The van der Waals surface area contributed by atoms with Crippen LogP contribution < -0.4 is 15.5 Å². The van der Waals surface area contributed by atoms with Crippen LogP contribution in [0.5, 0.6) is 0 Å². The van der Waals surface area contributed by atoms with Gasteiger partial charge in [0.2, 0.25) is 0 Å². The Hall–Kier alpha value is -5.86. The van der Waals surface area contributed by atoms with Crippen molar-refractivity contribution in [3.8, 4) is 16.8 Å². The van der Waals surface area contributed by atoms with Gasteiger partial charge >= 0.3 is 0 Å². The van der Waals surface area contributed by atoms with E-state index in [1.807, 2.05) is 0 Å². The average Bonchev–Trinajstić information content (AvgIpc) is 3.54. The molecule has 2 atom stereocenters. The summed E-state index contributed by atoms with van der Waals surface area (Å²) in [5.41, 5.74) is 15.7.